The van der Waals surface area contributed by atoms with Crippen LogP contribution in [-0.2, 0) is 6.54 Å². The van der Waals surface area contributed by atoms with Crippen molar-refractivity contribution in [3.63, 3.8) is 0 Å². The lowest BCUT2D eigenvalue weighted by molar-refractivity contribution is 0.0697. The number of rotatable bonds is 4. The van der Waals surface area contributed by atoms with Crippen molar-refractivity contribution in [1.29, 1.82) is 0 Å². The van der Waals surface area contributed by atoms with Gasteiger partial charge >= 0.3 is 5.97 Å². The summed E-state index contributed by atoms with van der Waals surface area (Å²) in [5, 5.41) is 12.8. The van der Waals surface area contributed by atoms with E-state index >= 15 is 0 Å². The van der Waals surface area contributed by atoms with Gasteiger partial charge in [0.1, 0.15) is 11.5 Å². The summed E-state index contributed by atoms with van der Waals surface area (Å²) < 4.78 is 14.6. The van der Waals surface area contributed by atoms with E-state index in [2.05, 4.69) is 15.3 Å². The maximum atomic E-state index is 14.6. The van der Waals surface area contributed by atoms with Crippen molar-refractivity contribution in [2.75, 3.05) is 5.32 Å². The van der Waals surface area contributed by atoms with E-state index < -0.39 is 11.8 Å². The van der Waals surface area contributed by atoms with Crippen LogP contribution in [-0.4, -0.2) is 26.8 Å². The minimum Gasteiger partial charge on any atom is -0.478 e. The summed E-state index contributed by atoms with van der Waals surface area (Å²) in [7, 11) is 0. The van der Waals surface area contributed by atoms with Crippen molar-refractivity contribution in [1.82, 2.24) is 9.97 Å². The highest BCUT2D eigenvalue weighted by Crippen LogP contribution is 2.34. The molecule has 0 aliphatic carbocycles. The number of carboxylic acid groups (broad SMARTS) is 1. The van der Waals surface area contributed by atoms with Gasteiger partial charge in [-0.2, -0.15) is 0 Å². The number of nitrogens with one attached hydrogen (secondary N) is 1. The van der Waals surface area contributed by atoms with Crippen LogP contribution in [0.3, 0.4) is 0 Å². The summed E-state index contributed by atoms with van der Waals surface area (Å²) in [4.78, 5) is 24.7. The fourth-order valence-electron chi connectivity index (χ4n) is 3.69. The van der Waals surface area contributed by atoms with Crippen LogP contribution in [0.25, 0.3) is 11.3 Å². The van der Waals surface area contributed by atoms with Crippen LogP contribution < -0.4 is 5.32 Å². The minimum atomic E-state index is -0.986. The lowest BCUT2D eigenvalue weighted by atomic mass is 9.97. The first kappa shape index (κ1) is 20.8. The molecule has 33 heavy (non-hydrogen) atoms. The first-order valence-electron chi connectivity index (χ1n) is 10.1. The molecule has 2 aromatic carbocycles. The van der Waals surface area contributed by atoms with Gasteiger partial charge in [0, 0.05) is 33.6 Å². The van der Waals surface area contributed by atoms with Gasteiger partial charge in [0.05, 0.1) is 23.5 Å². The molecule has 0 fully saturated rings. The van der Waals surface area contributed by atoms with Crippen LogP contribution in [0.1, 0.15) is 27.2 Å². The number of carboxylic acids is 1. The Kier molecular flexibility index (Phi) is 5.32. The van der Waals surface area contributed by atoms with Gasteiger partial charge in [0.25, 0.3) is 0 Å². The maximum absolute atomic E-state index is 14.6. The molecule has 0 radical (unpaired) electrons. The molecule has 0 saturated carbocycles. The highest BCUT2D eigenvalue weighted by Gasteiger charge is 2.23. The van der Waals surface area contributed by atoms with Crippen molar-refractivity contribution in [2.45, 2.75) is 6.54 Å². The van der Waals surface area contributed by atoms with Gasteiger partial charge in [-0.25, -0.2) is 14.2 Å². The van der Waals surface area contributed by atoms with E-state index in [4.69, 9.17) is 21.7 Å². The van der Waals surface area contributed by atoms with Crippen molar-refractivity contribution in [3.8, 4) is 11.3 Å². The molecule has 162 valence electrons. The average Bonchev–Trinajstić information content (AvgIpc) is 2.96. The van der Waals surface area contributed by atoms with Gasteiger partial charge in [-0.1, -0.05) is 23.7 Å². The molecule has 2 aromatic heterocycles. The fourth-order valence-corrected chi connectivity index (χ4v) is 3.87. The Bertz CT molecular complexity index is 1420. The number of anilines is 2. The molecule has 2 N–H and O–H groups in total. The third-order valence-electron chi connectivity index (χ3n) is 5.27. The van der Waals surface area contributed by atoms with E-state index in [1.54, 1.807) is 24.3 Å². The van der Waals surface area contributed by atoms with Crippen molar-refractivity contribution in [2.24, 2.45) is 4.99 Å². The highest BCUT2D eigenvalue weighted by molar-refractivity contribution is 6.31. The smallest absolute Gasteiger partial charge is 0.335 e. The molecule has 5 rings (SSSR count). The molecule has 6 nitrogen and oxygen atoms in total. The number of aromatic nitrogens is 2. The van der Waals surface area contributed by atoms with Crippen molar-refractivity contribution < 1.29 is 14.3 Å². The zero-order chi connectivity index (χ0) is 22.9. The molecule has 1 aliphatic heterocycles. The Balaban J connectivity index is 1.57. The number of carbonyl (C=O) groups is 1. The molecule has 3 heterocycles. The number of pyridine rings is 2. The predicted molar refractivity (Wildman–Crippen MR) is 125 cm³/mol. The molecule has 0 unspecified atom stereocenters. The number of hydrogen-bond donors (Lipinski definition) is 2. The summed E-state index contributed by atoms with van der Waals surface area (Å²) in [6.07, 6.45) is 1.53. The first-order valence-corrected chi connectivity index (χ1v) is 10.4. The van der Waals surface area contributed by atoms with Crippen molar-refractivity contribution in [3.05, 3.63) is 106 Å². The molecule has 4 aromatic rings. The van der Waals surface area contributed by atoms with E-state index in [0.29, 0.717) is 40.0 Å². The quantitative estimate of drug-likeness (QED) is 0.408. The highest BCUT2D eigenvalue weighted by atomic mass is 35.5. The van der Waals surface area contributed by atoms with E-state index in [9.17, 15) is 9.18 Å². The lowest BCUT2D eigenvalue weighted by Crippen LogP contribution is -2.09. The second-order valence-corrected chi connectivity index (χ2v) is 7.84. The summed E-state index contributed by atoms with van der Waals surface area (Å²) >= 11 is 6.28. The Morgan fingerprint density at radius 2 is 1.82 bits per heavy atom. The van der Waals surface area contributed by atoms with E-state index in [1.165, 1.54) is 30.5 Å². The second kappa shape index (κ2) is 8.44. The van der Waals surface area contributed by atoms with Gasteiger partial charge in [0.2, 0.25) is 0 Å². The number of hydrogen-bond acceptors (Lipinski definition) is 5. The second-order valence-electron chi connectivity index (χ2n) is 7.40. The van der Waals surface area contributed by atoms with Crippen LogP contribution in [0, 0.1) is 5.82 Å². The van der Waals surface area contributed by atoms with E-state index in [1.807, 2.05) is 18.2 Å². The number of halogens is 2. The number of aliphatic imine (C=N–C) groups is 1. The van der Waals surface area contributed by atoms with Gasteiger partial charge in [0.15, 0.2) is 5.82 Å². The van der Waals surface area contributed by atoms with Crippen LogP contribution in [0.2, 0.25) is 5.02 Å². The number of aromatic carboxylic acids is 1. The molecular weight excluding hydrogens is 443 g/mol. The summed E-state index contributed by atoms with van der Waals surface area (Å²) in [5.74, 6) is -0.876. The zero-order valence-electron chi connectivity index (χ0n) is 17.1. The Morgan fingerprint density at radius 1 is 1.00 bits per heavy atom. The standard InChI is InChI=1S/C25H16ClFN4O2/c26-16-6-9-18-19(12-16)23(24-20(27)2-1-11-28-24)29-13-15-5-10-21(31-22(15)18)30-17-7-3-14(4-8-17)25(32)33/h1-12H,13H2,(H,30,31)(H,32,33). The Morgan fingerprint density at radius 3 is 2.58 bits per heavy atom. The number of benzene rings is 2. The molecule has 0 bridgehead atoms. The third-order valence-corrected chi connectivity index (χ3v) is 5.50. The van der Waals surface area contributed by atoms with E-state index in [-0.39, 0.29) is 11.3 Å². The van der Waals surface area contributed by atoms with Crippen molar-refractivity contribution >= 4 is 34.8 Å². The summed E-state index contributed by atoms with van der Waals surface area (Å²) in [5.41, 5.74) is 4.46. The lowest BCUT2D eigenvalue weighted by Gasteiger charge is -2.13. The molecule has 8 heteroatoms. The summed E-state index contributed by atoms with van der Waals surface area (Å²) in [6, 6.07) is 18.4. The molecule has 0 atom stereocenters. The maximum Gasteiger partial charge on any atom is 0.335 e. The SMILES string of the molecule is O=C(O)c1ccc(Nc2ccc3c(n2)-c2ccc(Cl)cc2C(c2ncccc2F)=NC3)cc1. The van der Waals surface area contributed by atoms with Gasteiger partial charge in [-0.05, 0) is 54.6 Å². The predicted octanol–water partition coefficient (Wildman–Crippen LogP) is 5.73. The molecule has 0 amide bonds. The normalized spacial score (nSPS) is 12.2. The summed E-state index contributed by atoms with van der Waals surface area (Å²) in [6.45, 7) is 0.299. The van der Waals surface area contributed by atoms with Crippen LogP contribution >= 0.6 is 11.6 Å². The first-order chi connectivity index (χ1) is 16.0. The van der Waals surface area contributed by atoms with Gasteiger partial charge in [-0.3, -0.25) is 9.98 Å². The van der Waals surface area contributed by atoms with Gasteiger partial charge < -0.3 is 10.4 Å². The molecule has 0 spiro atoms. The minimum absolute atomic E-state index is 0.158. The molecule has 0 saturated heterocycles. The van der Waals surface area contributed by atoms with Crippen LogP contribution in [0.15, 0.2) is 77.9 Å². The Labute approximate surface area is 193 Å². The Hall–Kier alpha value is -4.10. The molecule has 1 aliphatic rings. The third kappa shape index (κ3) is 4.06. The fraction of sp³-hybridized carbons (Fsp3) is 0.0400. The largest absolute Gasteiger partial charge is 0.478 e. The molecular formula is C25H16ClFN4O2. The van der Waals surface area contributed by atoms with E-state index in [0.717, 1.165) is 11.1 Å². The van der Waals surface area contributed by atoms with Crippen LogP contribution in [0.5, 0.6) is 0 Å². The monoisotopic (exact) mass is 458 g/mol. The number of fused-ring (bicyclic) bond motifs is 3. The number of nitrogens with zero attached hydrogens (tertiary/aromatic N) is 3. The average molecular weight is 459 g/mol. The topological polar surface area (TPSA) is 87.5 Å². The van der Waals surface area contributed by atoms with Crippen LogP contribution in [0.4, 0.5) is 15.9 Å². The zero-order valence-corrected chi connectivity index (χ0v) is 17.8. The van der Waals surface area contributed by atoms with Gasteiger partial charge in [-0.15, -0.1) is 0 Å².